The van der Waals surface area contributed by atoms with Crippen LogP contribution in [0.15, 0.2) is 70.9 Å². The predicted molar refractivity (Wildman–Crippen MR) is 132 cm³/mol. The van der Waals surface area contributed by atoms with Crippen LogP contribution in [0.1, 0.15) is 42.0 Å². The second kappa shape index (κ2) is 9.48. The Bertz CT molecular complexity index is 1160. The Hall–Kier alpha value is -2.92. The van der Waals surface area contributed by atoms with Gasteiger partial charge in [-0.15, -0.1) is 5.10 Å². The van der Waals surface area contributed by atoms with Crippen molar-refractivity contribution in [3.05, 3.63) is 82.9 Å². The highest BCUT2D eigenvalue weighted by Crippen LogP contribution is 2.32. The third-order valence-electron chi connectivity index (χ3n) is 5.54. The molecule has 0 aromatic heterocycles. The van der Waals surface area contributed by atoms with Crippen LogP contribution in [0, 0.1) is 13.8 Å². The fourth-order valence-corrected chi connectivity index (χ4v) is 5.10. The zero-order valence-corrected chi connectivity index (χ0v) is 19.0. The predicted octanol–water partition coefficient (Wildman–Crippen LogP) is 6.09. The zero-order chi connectivity index (χ0) is 21.8. The normalized spacial score (nSPS) is 18.0. The van der Waals surface area contributed by atoms with Crippen molar-refractivity contribution in [1.29, 1.82) is 0 Å². The number of benzene rings is 3. The third kappa shape index (κ3) is 4.72. The Morgan fingerprint density at radius 3 is 2.68 bits per heavy atom. The van der Waals surface area contributed by atoms with E-state index in [4.69, 9.17) is 0 Å². The lowest BCUT2D eigenvalue weighted by atomic mass is 10.0. The second-order valence-electron chi connectivity index (χ2n) is 7.95. The van der Waals surface area contributed by atoms with Gasteiger partial charge in [-0.25, -0.2) is 0 Å². The molecular weight excluding hydrogens is 402 g/mol. The van der Waals surface area contributed by atoms with Crippen molar-refractivity contribution >= 4 is 39.8 Å². The number of rotatable bonds is 6. The average molecular weight is 430 g/mol. The molecule has 0 saturated carbocycles. The minimum absolute atomic E-state index is 0.0879. The number of amidine groups is 1. The van der Waals surface area contributed by atoms with Gasteiger partial charge in [0.1, 0.15) is 0 Å². The summed E-state index contributed by atoms with van der Waals surface area (Å²) in [4.78, 5) is 14.9. The van der Waals surface area contributed by atoms with Crippen LogP contribution in [0.3, 0.4) is 0 Å². The Kier molecular flexibility index (Phi) is 6.52. The Morgan fingerprint density at radius 1 is 1.06 bits per heavy atom. The minimum Gasteiger partial charge on any atom is -0.284 e. The van der Waals surface area contributed by atoms with E-state index in [0.717, 1.165) is 29.5 Å². The van der Waals surface area contributed by atoms with Crippen LogP contribution in [-0.2, 0) is 11.3 Å². The molecule has 4 nitrogen and oxygen atoms in total. The molecule has 0 N–H and O–H groups in total. The van der Waals surface area contributed by atoms with Crippen molar-refractivity contribution in [3.8, 4) is 0 Å². The maximum atomic E-state index is 13.1. The summed E-state index contributed by atoms with van der Waals surface area (Å²) in [6.07, 6.45) is 3.58. The van der Waals surface area contributed by atoms with Gasteiger partial charge in [-0.2, -0.15) is 5.10 Å². The number of thioether (sulfide) groups is 1. The Morgan fingerprint density at radius 2 is 1.87 bits per heavy atom. The van der Waals surface area contributed by atoms with Crippen molar-refractivity contribution in [2.45, 2.75) is 45.4 Å². The largest absolute Gasteiger partial charge is 0.284 e. The van der Waals surface area contributed by atoms with Gasteiger partial charge in [0.05, 0.1) is 18.0 Å². The summed E-state index contributed by atoms with van der Waals surface area (Å²) in [7, 11) is 0. The molecule has 0 bridgehead atoms. The number of hydrogen-bond acceptors (Lipinski definition) is 4. The first kappa shape index (κ1) is 21.3. The smallest absolute Gasteiger partial charge is 0.242 e. The van der Waals surface area contributed by atoms with Crippen molar-refractivity contribution in [2.75, 3.05) is 0 Å². The molecule has 5 heteroatoms. The average Bonchev–Trinajstić information content (AvgIpc) is 3.05. The van der Waals surface area contributed by atoms with Crippen LogP contribution >= 0.6 is 11.8 Å². The van der Waals surface area contributed by atoms with E-state index < -0.39 is 0 Å². The Labute approximate surface area is 188 Å². The number of carbonyl (C=O) groups is 1. The lowest BCUT2D eigenvalue weighted by molar-refractivity contribution is -0.126. The van der Waals surface area contributed by atoms with E-state index in [9.17, 15) is 4.79 Å². The van der Waals surface area contributed by atoms with Crippen molar-refractivity contribution in [3.63, 3.8) is 0 Å². The molecule has 1 heterocycles. The summed E-state index contributed by atoms with van der Waals surface area (Å²) >= 11 is 1.53. The molecule has 3 aromatic carbocycles. The molecule has 1 aliphatic heterocycles. The minimum atomic E-state index is -0.0879. The number of fused-ring (bicyclic) bond motifs is 1. The standard InChI is InChI=1S/C26H27N3OS/c1-4-8-24-25(30)29(17-22-11-7-10-20-9-5-6-12-23(20)22)26(31-24)28-27-16-21-14-13-18(2)15-19(21)3/h5-7,9-16,24H,4,8,17H2,1-3H3/b27-16+,28-26-. The maximum absolute atomic E-state index is 13.1. The highest BCUT2D eigenvalue weighted by atomic mass is 32.2. The Balaban J connectivity index is 1.63. The van der Waals surface area contributed by atoms with Gasteiger partial charge in [-0.1, -0.05) is 91.3 Å². The van der Waals surface area contributed by atoms with Gasteiger partial charge in [0.15, 0.2) is 5.17 Å². The molecule has 1 atom stereocenters. The van der Waals surface area contributed by atoms with Gasteiger partial charge in [0.25, 0.3) is 0 Å². The van der Waals surface area contributed by atoms with Crippen molar-refractivity contribution < 1.29 is 4.79 Å². The van der Waals surface area contributed by atoms with Crippen molar-refractivity contribution in [2.24, 2.45) is 10.2 Å². The number of amides is 1. The summed E-state index contributed by atoms with van der Waals surface area (Å²) < 4.78 is 0. The molecule has 1 amide bonds. The van der Waals surface area contributed by atoms with Gasteiger partial charge in [0.2, 0.25) is 5.91 Å². The SMILES string of the molecule is CCCC1S/C(=N\N=C\c2ccc(C)cc2C)N(Cc2cccc3ccccc23)C1=O. The summed E-state index contributed by atoms with van der Waals surface area (Å²) in [5.74, 6) is 0.125. The van der Waals surface area contributed by atoms with E-state index in [0.29, 0.717) is 11.7 Å². The summed E-state index contributed by atoms with van der Waals surface area (Å²) in [6, 6.07) is 20.8. The number of aryl methyl sites for hydroxylation is 2. The summed E-state index contributed by atoms with van der Waals surface area (Å²) in [5.41, 5.74) is 4.54. The topological polar surface area (TPSA) is 45.0 Å². The first-order valence-corrected chi connectivity index (χ1v) is 11.6. The molecule has 1 fully saturated rings. The highest BCUT2D eigenvalue weighted by molar-refractivity contribution is 8.15. The number of hydrogen-bond donors (Lipinski definition) is 0. The first-order valence-electron chi connectivity index (χ1n) is 10.7. The molecule has 1 unspecified atom stereocenters. The quantitative estimate of drug-likeness (QED) is 0.351. The van der Waals surface area contributed by atoms with E-state index in [1.807, 2.05) is 18.2 Å². The van der Waals surface area contributed by atoms with Crippen LogP contribution in [0.2, 0.25) is 0 Å². The van der Waals surface area contributed by atoms with Crippen LogP contribution in [0.5, 0.6) is 0 Å². The summed E-state index contributed by atoms with van der Waals surface area (Å²) in [5, 5.41) is 11.8. The van der Waals surface area contributed by atoms with E-state index in [-0.39, 0.29) is 11.2 Å². The molecule has 0 radical (unpaired) electrons. The molecule has 31 heavy (non-hydrogen) atoms. The van der Waals surface area contributed by atoms with Gasteiger partial charge in [-0.05, 0) is 47.7 Å². The fourth-order valence-electron chi connectivity index (χ4n) is 3.89. The molecule has 1 saturated heterocycles. The highest BCUT2D eigenvalue weighted by Gasteiger charge is 2.37. The zero-order valence-electron chi connectivity index (χ0n) is 18.2. The molecule has 0 aliphatic carbocycles. The van der Waals surface area contributed by atoms with Crippen LogP contribution in [0.4, 0.5) is 0 Å². The van der Waals surface area contributed by atoms with E-state index in [2.05, 4.69) is 73.4 Å². The van der Waals surface area contributed by atoms with Gasteiger partial charge in [0, 0.05) is 0 Å². The van der Waals surface area contributed by atoms with Gasteiger partial charge < -0.3 is 0 Å². The third-order valence-corrected chi connectivity index (χ3v) is 6.78. The van der Waals surface area contributed by atoms with Crippen LogP contribution in [-0.4, -0.2) is 27.4 Å². The van der Waals surface area contributed by atoms with E-state index >= 15 is 0 Å². The lowest BCUT2D eigenvalue weighted by Gasteiger charge is -2.17. The maximum Gasteiger partial charge on any atom is 0.242 e. The van der Waals surface area contributed by atoms with Crippen LogP contribution < -0.4 is 0 Å². The van der Waals surface area contributed by atoms with E-state index in [1.165, 1.54) is 28.1 Å². The lowest BCUT2D eigenvalue weighted by Crippen LogP contribution is -2.31. The fraction of sp³-hybridized carbons (Fsp3) is 0.269. The second-order valence-corrected chi connectivity index (χ2v) is 9.11. The first-order chi connectivity index (χ1) is 15.1. The van der Waals surface area contributed by atoms with Gasteiger partial charge >= 0.3 is 0 Å². The van der Waals surface area contributed by atoms with Gasteiger partial charge in [-0.3, -0.25) is 9.69 Å². The molecule has 4 rings (SSSR count). The molecular formula is C26H27N3OS. The molecule has 0 spiro atoms. The molecule has 158 valence electrons. The number of nitrogens with zero attached hydrogens (tertiary/aromatic N) is 3. The van der Waals surface area contributed by atoms with Crippen molar-refractivity contribution in [1.82, 2.24) is 4.90 Å². The summed E-state index contributed by atoms with van der Waals surface area (Å²) in [6.45, 7) is 6.76. The molecule has 1 aliphatic rings. The monoisotopic (exact) mass is 429 g/mol. The molecule has 3 aromatic rings. The van der Waals surface area contributed by atoms with Crippen LogP contribution in [0.25, 0.3) is 10.8 Å². The van der Waals surface area contributed by atoms with E-state index in [1.54, 1.807) is 11.1 Å². The number of carbonyl (C=O) groups excluding carboxylic acids is 1.